The van der Waals surface area contributed by atoms with Crippen LogP contribution in [0.4, 0.5) is 19.0 Å². The summed E-state index contributed by atoms with van der Waals surface area (Å²) in [5.74, 6) is 0.218. The number of carbonyl (C=O) groups is 1. The molecule has 142 valence electrons. The van der Waals surface area contributed by atoms with Crippen molar-refractivity contribution >= 4 is 23.3 Å². The Morgan fingerprint density at radius 2 is 1.88 bits per heavy atom. The van der Waals surface area contributed by atoms with Gasteiger partial charge in [-0.3, -0.25) is 4.79 Å². The van der Waals surface area contributed by atoms with Gasteiger partial charge in [0.1, 0.15) is 5.82 Å². The smallest absolute Gasteiger partial charge is 0.355 e. The Kier molecular flexibility index (Phi) is 6.69. The quantitative estimate of drug-likeness (QED) is 0.687. The summed E-state index contributed by atoms with van der Waals surface area (Å²) in [6, 6.07) is 0.886. The Morgan fingerprint density at radius 3 is 2.35 bits per heavy atom. The van der Waals surface area contributed by atoms with Crippen LogP contribution in [-0.4, -0.2) is 42.0 Å². The lowest BCUT2D eigenvalue weighted by Gasteiger charge is -2.34. The number of alkyl halides is 3. The number of rotatable bonds is 6. The molecule has 2 rings (SSSR count). The second-order valence-electron chi connectivity index (χ2n) is 6.11. The molecule has 2 heterocycles. The van der Waals surface area contributed by atoms with E-state index < -0.39 is 11.7 Å². The van der Waals surface area contributed by atoms with E-state index in [-0.39, 0.29) is 16.8 Å². The Hall–Kier alpha value is -2.02. The predicted octanol–water partition coefficient (Wildman–Crippen LogP) is 4.17. The van der Waals surface area contributed by atoms with Crippen molar-refractivity contribution in [1.82, 2.24) is 9.88 Å². The fraction of sp³-hybridized carbons (Fsp3) is 0.444. The third kappa shape index (κ3) is 4.78. The van der Waals surface area contributed by atoms with Gasteiger partial charge in [-0.1, -0.05) is 23.8 Å². The maximum atomic E-state index is 12.7. The van der Waals surface area contributed by atoms with Gasteiger partial charge in [-0.2, -0.15) is 13.2 Å². The molecule has 8 heteroatoms. The van der Waals surface area contributed by atoms with Gasteiger partial charge in [0, 0.05) is 38.3 Å². The van der Waals surface area contributed by atoms with Crippen molar-refractivity contribution in [3.05, 3.63) is 48.2 Å². The van der Waals surface area contributed by atoms with Crippen molar-refractivity contribution in [2.75, 3.05) is 31.1 Å². The molecule has 0 unspecified atom stereocenters. The Bertz CT molecular complexity index is 660. The molecule has 1 amide bonds. The normalized spacial score (nSPS) is 15.6. The number of pyridine rings is 1. The van der Waals surface area contributed by atoms with Crippen LogP contribution < -0.4 is 4.90 Å². The van der Waals surface area contributed by atoms with Crippen LogP contribution in [-0.2, 0) is 11.0 Å². The summed E-state index contributed by atoms with van der Waals surface area (Å²) in [5.41, 5.74) is -0.874. The predicted molar refractivity (Wildman–Crippen MR) is 96.2 cm³/mol. The van der Waals surface area contributed by atoms with Gasteiger partial charge in [0.05, 0.1) is 10.6 Å². The molecule has 1 saturated heterocycles. The number of hydrogen-bond acceptors (Lipinski definition) is 3. The lowest BCUT2D eigenvalue weighted by Crippen LogP contribution is -2.43. The molecule has 1 aliphatic rings. The molecule has 1 aromatic heterocycles. The number of nitrogens with zero attached hydrogens (tertiary/aromatic N) is 3. The van der Waals surface area contributed by atoms with Crippen molar-refractivity contribution in [3.63, 3.8) is 0 Å². The Balaban J connectivity index is 2.03. The highest BCUT2D eigenvalue weighted by Crippen LogP contribution is 2.34. The summed E-state index contributed by atoms with van der Waals surface area (Å²) in [4.78, 5) is 20.0. The SMILES string of the molecule is C=CCN(CC=C)C(=O)C1CCN(c2ncc(C(F)(F)F)cc2Cl)CC1. The molecule has 0 aromatic carbocycles. The van der Waals surface area contributed by atoms with Crippen molar-refractivity contribution in [2.24, 2.45) is 5.92 Å². The standard InChI is InChI=1S/C18H21ClF3N3O/c1-3-7-25(8-4-2)17(26)13-5-9-24(10-6-13)16-15(19)11-14(12-23-16)18(20,21)22/h3-4,11-13H,1-2,5-10H2. The second-order valence-corrected chi connectivity index (χ2v) is 6.52. The van der Waals surface area contributed by atoms with Gasteiger partial charge in [0.25, 0.3) is 0 Å². The number of piperidine rings is 1. The van der Waals surface area contributed by atoms with Gasteiger partial charge in [0.2, 0.25) is 5.91 Å². The second kappa shape index (κ2) is 8.58. The summed E-state index contributed by atoms with van der Waals surface area (Å²) >= 11 is 6.00. The third-order valence-corrected chi connectivity index (χ3v) is 4.58. The lowest BCUT2D eigenvalue weighted by atomic mass is 9.95. The minimum absolute atomic E-state index is 0.0375. The van der Waals surface area contributed by atoms with Crippen LogP contribution >= 0.6 is 11.6 Å². The molecule has 1 aromatic rings. The van der Waals surface area contributed by atoms with Gasteiger partial charge in [0.15, 0.2) is 0 Å². The van der Waals surface area contributed by atoms with Crippen LogP contribution in [0.1, 0.15) is 18.4 Å². The monoisotopic (exact) mass is 387 g/mol. The molecule has 1 aliphatic heterocycles. The van der Waals surface area contributed by atoms with E-state index in [1.54, 1.807) is 17.1 Å². The number of halogens is 4. The van der Waals surface area contributed by atoms with Crippen LogP contribution in [0.15, 0.2) is 37.6 Å². The zero-order valence-electron chi connectivity index (χ0n) is 14.3. The van der Waals surface area contributed by atoms with E-state index in [0.29, 0.717) is 44.8 Å². The minimum atomic E-state index is -4.48. The maximum Gasteiger partial charge on any atom is 0.417 e. The Morgan fingerprint density at radius 1 is 1.31 bits per heavy atom. The van der Waals surface area contributed by atoms with Gasteiger partial charge < -0.3 is 9.80 Å². The van der Waals surface area contributed by atoms with E-state index in [0.717, 1.165) is 12.3 Å². The van der Waals surface area contributed by atoms with Crippen LogP contribution in [0.2, 0.25) is 5.02 Å². The third-order valence-electron chi connectivity index (χ3n) is 4.30. The number of anilines is 1. The van der Waals surface area contributed by atoms with Crippen molar-refractivity contribution in [1.29, 1.82) is 0 Å². The number of aromatic nitrogens is 1. The zero-order valence-corrected chi connectivity index (χ0v) is 15.1. The van der Waals surface area contributed by atoms with Gasteiger partial charge in [-0.25, -0.2) is 4.98 Å². The molecular weight excluding hydrogens is 367 g/mol. The lowest BCUT2D eigenvalue weighted by molar-refractivity contribution is -0.138. The first-order valence-corrected chi connectivity index (χ1v) is 8.64. The van der Waals surface area contributed by atoms with E-state index in [4.69, 9.17) is 11.6 Å². The fourth-order valence-electron chi connectivity index (χ4n) is 2.98. The molecule has 1 fully saturated rings. The minimum Gasteiger partial charge on any atom is -0.355 e. The Labute approximate surface area is 155 Å². The average Bonchev–Trinajstić information content (AvgIpc) is 2.60. The highest BCUT2D eigenvalue weighted by molar-refractivity contribution is 6.33. The van der Waals surface area contributed by atoms with E-state index in [1.165, 1.54) is 0 Å². The van der Waals surface area contributed by atoms with Gasteiger partial charge in [-0.05, 0) is 18.9 Å². The first-order valence-electron chi connectivity index (χ1n) is 8.26. The van der Waals surface area contributed by atoms with Gasteiger partial charge in [-0.15, -0.1) is 13.2 Å². The van der Waals surface area contributed by atoms with Crippen molar-refractivity contribution < 1.29 is 18.0 Å². The number of carbonyl (C=O) groups excluding carboxylic acids is 1. The molecule has 26 heavy (non-hydrogen) atoms. The van der Waals surface area contributed by atoms with Crippen molar-refractivity contribution in [3.8, 4) is 0 Å². The molecular formula is C18H21ClF3N3O. The number of hydrogen-bond donors (Lipinski definition) is 0. The van der Waals surface area contributed by atoms with E-state index >= 15 is 0 Å². The molecule has 0 aliphatic carbocycles. The summed E-state index contributed by atoms with van der Waals surface area (Å²) in [5, 5.41) is -0.0375. The highest BCUT2D eigenvalue weighted by atomic mass is 35.5. The van der Waals surface area contributed by atoms with E-state index in [2.05, 4.69) is 18.1 Å². The molecule has 0 saturated carbocycles. The topological polar surface area (TPSA) is 36.4 Å². The van der Waals surface area contributed by atoms with Crippen LogP contribution in [0.25, 0.3) is 0 Å². The average molecular weight is 388 g/mol. The van der Waals surface area contributed by atoms with E-state index in [1.807, 2.05) is 4.90 Å². The summed E-state index contributed by atoms with van der Waals surface area (Å²) in [7, 11) is 0. The van der Waals surface area contributed by atoms with Gasteiger partial charge >= 0.3 is 6.18 Å². The summed E-state index contributed by atoms with van der Waals surface area (Å²) in [6.45, 7) is 9.23. The summed E-state index contributed by atoms with van der Waals surface area (Å²) < 4.78 is 38.1. The van der Waals surface area contributed by atoms with Crippen LogP contribution in [0, 0.1) is 5.92 Å². The first-order chi connectivity index (χ1) is 12.3. The molecule has 0 atom stereocenters. The molecule has 0 N–H and O–H groups in total. The highest BCUT2D eigenvalue weighted by Gasteiger charge is 2.33. The largest absolute Gasteiger partial charge is 0.417 e. The number of amides is 1. The van der Waals surface area contributed by atoms with Crippen LogP contribution in [0.5, 0.6) is 0 Å². The first kappa shape index (κ1) is 20.3. The zero-order chi connectivity index (χ0) is 19.3. The molecule has 0 bridgehead atoms. The van der Waals surface area contributed by atoms with E-state index in [9.17, 15) is 18.0 Å². The molecule has 0 spiro atoms. The van der Waals surface area contributed by atoms with Crippen molar-refractivity contribution in [2.45, 2.75) is 19.0 Å². The maximum absolute atomic E-state index is 12.7. The van der Waals surface area contributed by atoms with Crippen LogP contribution in [0.3, 0.4) is 0 Å². The fourth-order valence-corrected chi connectivity index (χ4v) is 3.27. The molecule has 0 radical (unpaired) electrons. The molecule has 4 nitrogen and oxygen atoms in total. The summed E-state index contributed by atoms with van der Waals surface area (Å²) in [6.07, 6.45) is 0.818.